The normalized spacial score (nSPS) is 35.5. The Labute approximate surface area is 244 Å². The van der Waals surface area contributed by atoms with E-state index in [1.54, 1.807) is 0 Å². The van der Waals surface area contributed by atoms with Gasteiger partial charge in [-0.2, -0.15) is 0 Å². The zero-order valence-electron chi connectivity index (χ0n) is 23.4. The molecule has 6 atom stereocenters. The number of rotatable bonds is 6. The van der Waals surface area contributed by atoms with E-state index in [-0.39, 0.29) is 48.9 Å². The maximum absolute atomic E-state index is 14.3. The molecule has 3 aliphatic carbocycles. The molecule has 4 aliphatic heterocycles. The maximum Gasteiger partial charge on any atom is 0.233 e. The summed E-state index contributed by atoms with van der Waals surface area (Å²) in [5.74, 6) is -4.84. The van der Waals surface area contributed by atoms with Crippen LogP contribution < -0.4 is 0 Å². The predicted octanol–water partition coefficient (Wildman–Crippen LogP) is 3.42. The van der Waals surface area contributed by atoms with Crippen LogP contribution in [-0.2, 0) is 28.7 Å². The third kappa shape index (κ3) is 3.74. The molecule has 0 spiro atoms. The van der Waals surface area contributed by atoms with Gasteiger partial charge in [0.1, 0.15) is 0 Å². The topological polar surface area (TPSA) is 93.2 Å². The largest absolute Gasteiger partial charge is 0.376 e. The zero-order chi connectivity index (χ0) is 28.5. The summed E-state index contributed by atoms with van der Waals surface area (Å²) in [7, 11) is 0. The summed E-state index contributed by atoms with van der Waals surface area (Å²) >= 11 is 0. The number of likely N-dealkylation sites (tertiary alicyclic amines) is 2. The minimum absolute atomic E-state index is 0.171. The number of carbonyl (C=O) groups excluding carboxylic acids is 4. The summed E-state index contributed by atoms with van der Waals surface area (Å²) in [5.41, 5.74) is 3.71. The summed E-state index contributed by atoms with van der Waals surface area (Å²) in [6, 6.07) is 19.8. The van der Waals surface area contributed by atoms with Crippen molar-refractivity contribution in [2.45, 2.75) is 37.9 Å². The number of ether oxygens (including phenoxy) is 2. The van der Waals surface area contributed by atoms with Crippen molar-refractivity contribution in [3.8, 4) is 0 Å². The van der Waals surface area contributed by atoms with E-state index in [4.69, 9.17) is 9.47 Å². The van der Waals surface area contributed by atoms with Gasteiger partial charge in [0.15, 0.2) is 0 Å². The first-order chi connectivity index (χ1) is 20.5. The highest BCUT2D eigenvalue weighted by Crippen LogP contribution is 2.66. The summed E-state index contributed by atoms with van der Waals surface area (Å²) in [6.45, 7) is 1.72. The van der Waals surface area contributed by atoms with Gasteiger partial charge in [0.05, 0.1) is 49.0 Å². The minimum Gasteiger partial charge on any atom is -0.376 e. The van der Waals surface area contributed by atoms with E-state index >= 15 is 0 Å². The van der Waals surface area contributed by atoms with Crippen LogP contribution >= 0.6 is 0 Å². The second-order valence-corrected chi connectivity index (χ2v) is 12.6. The van der Waals surface area contributed by atoms with Gasteiger partial charge >= 0.3 is 0 Å². The van der Waals surface area contributed by atoms with Gasteiger partial charge in [0.25, 0.3) is 0 Å². The predicted molar refractivity (Wildman–Crippen MR) is 152 cm³/mol. The number of allylic oxidation sites excluding steroid dienone is 2. The first kappa shape index (κ1) is 26.0. The lowest BCUT2D eigenvalue weighted by Gasteiger charge is -2.51. The second-order valence-electron chi connectivity index (χ2n) is 12.6. The first-order valence-electron chi connectivity index (χ1n) is 15.3. The Balaban J connectivity index is 1.30. The molecular weight excluding hydrogens is 532 g/mol. The Kier molecular flexibility index (Phi) is 6.19. The van der Waals surface area contributed by atoms with Crippen molar-refractivity contribution in [1.82, 2.24) is 9.80 Å². The molecular formula is C34H34N2O6. The smallest absolute Gasteiger partial charge is 0.233 e. The van der Waals surface area contributed by atoms with Crippen LogP contribution in [0.5, 0.6) is 0 Å². The number of carbonyl (C=O) groups is 4. The van der Waals surface area contributed by atoms with Crippen LogP contribution in [-0.4, -0.2) is 71.9 Å². The molecule has 2 aromatic carbocycles. The van der Waals surface area contributed by atoms with E-state index in [1.165, 1.54) is 9.80 Å². The van der Waals surface area contributed by atoms with Gasteiger partial charge in [-0.1, -0.05) is 60.7 Å². The Morgan fingerprint density at radius 2 is 0.881 bits per heavy atom. The molecule has 0 aromatic heterocycles. The summed E-state index contributed by atoms with van der Waals surface area (Å²) < 4.78 is 11.6. The first-order valence-corrected chi connectivity index (χ1v) is 15.3. The highest BCUT2D eigenvalue weighted by molar-refractivity contribution is 6.16. The fourth-order valence-electron chi connectivity index (χ4n) is 8.86. The molecule has 0 radical (unpaired) electrons. The van der Waals surface area contributed by atoms with Crippen molar-refractivity contribution in [3.05, 3.63) is 71.8 Å². The molecule has 42 heavy (non-hydrogen) atoms. The average molecular weight is 567 g/mol. The van der Waals surface area contributed by atoms with E-state index in [1.807, 2.05) is 60.7 Å². The highest BCUT2D eigenvalue weighted by atomic mass is 16.5. The van der Waals surface area contributed by atoms with E-state index in [0.29, 0.717) is 13.2 Å². The van der Waals surface area contributed by atoms with Gasteiger partial charge in [-0.15, -0.1) is 0 Å². The van der Waals surface area contributed by atoms with Gasteiger partial charge in [-0.05, 0) is 48.0 Å². The van der Waals surface area contributed by atoms with Crippen molar-refractivity contribution in [3.63, 3.8) is 0 Å². The van der Waals surface area contributed by atoms with Crippen molar-refractivity contribution in [2.24, 2.45) is 35.5 Å². The molecule has 7 aliphatic rings. The van der Waals surface area contributed by atoms with Crippen LogP contribution in [0.15, 0.2) is 60.7 Å². The number of hydrogen-bond donors (Lipinski definition) is 0. The molecule has 2 aromatic rings. The van der Waals surface area contributed by atoms with Gasteiger partial charge in [0.2, 0.25) is 23.6 Å². The fourth-order valence-corrected chi connectivity index (χ4v) is 8.86. The lowest BCUT2D eigenvalue weighted by molar-refractivity contribution is -0.142. The van der Waals surface area contributed by atoms with Gasteiger partial charge in [0, 0.05) is 25.0 Å². The summed E-state index contributed by atoms with van der Waals surface area (Å²) in [4.78, 5) is 59.9. The van der Waals surface area contributed by atoms with E-state index in [9.17, 15) is 19.2 Å². The fraction of sp³-hybridized carbons (Fsp3) is 0.471. The lowest BCUT2D eigenvalue weighted by atomic mass is 9.48. The molecule has 2 bridgehead atoms. The van der Waals surface area contributed by atoms with E-state index in [0.717, 1.165) is 48.0 Å². The average Bonchev–Trinajstić information content (AvgIpc) is 3.83. The Hall–Kier alpha value is -3.62. The van der Waals surface area contributed by atoms with Crippen LogP contribution in [0.25, 0.3) is 11.1 Å². The van der Waals surface area contributed by atoms with Crippen molar-refractivity contribution in [2.75, 3.05) is 26.3 Å². The van der Waals surface area contributed by atoms with E-state index in [2.05, 4.69) is 0 Å². The molecule has 8 nitrogen and oxygen atoms in total. The number of benzene rings is 2. The third-order valence-corrected chi connectivity index (χ3v) is 10.5. The molecule has 8 heteroatoms. The van der Waals surface area contributed by atoms with Crippen LogP contribution in [0.4, 0.5) is 0 Å². The number of imide groups is 2. The molecule has 4 heterocycles. The molecule has 4 saturated heterocycles. The summed E-state index contributed by atoms with van der Waals surface area (Å²) in [5, 5.41) is 0. The molecule has 0 N–H and O–H groups in total. The van der Waals surface area contributed by atoms with Crippen LogP contribution in [0.1, 0.15) is 36.8 Å². The van der Waals surface area contributed by atoms with Crippen LogP contribution in [0, 0.1) is 35.5 Å². The van der Waals surface area contributed by atoms with Crippen LogP contribution in [0.3, 0.4) is 0 Å². The van der Waals surface area contributed by atoms with Crippen LogP contribution in [0.2, 0.25) is 0 Å². The molecule has 6 unspecified atom stereocenters. The number of nitrogens with zero attached hydrogens (tertiary/aromatic N) is 2. The Morgan fingerprint density at radius 3 is 1.19 bits per heavy atom. The van der Waals surface area contributed by atoms with Crippen molar-refractivity contribution in [1.29, 1.82) is 0 Å². The summed E-state index contributed by atoms with van der Waals surface area (Å²) in [6.07, 6.45) is 3.09. The molecule has 1 saturated carbocycles. The van der Waals surface area contributed by atoms with Gasteiger partial charge in [-0.3, -0.25) is 29.0 Å². The molecule has 5 fully saturated rings. The van der Waals surface area contributed by atoms with Gasteiger partial charge in [-0.25, -0.2) is 0 Å². The second kappa shape index (κ2) is 9.99. The lowest BCUT2D eigenvalue weighted by Crippen LogP contribution is -2.53. The van der Waals surface area contributed by atoms with Gasteiger partial charge < -0.3 is 9.47 Å². The standard InChI is InChI=1S/C34H34N2O6/c37-31-27-25-23(19-9-3-1-4-10-19)24(20-11-5-2-6-12-20)26(29(27)33(39)35(31)17-21-13-7-15-41-21)30-28(25)32(38)36(34(30)40)18-22-14-8-16-42-22/h1-6,9-12,21-22,25-30H,7-8,13-18H2. The highest BCUT2D eigenvalue weighted by Gasteiger charge is 2.72. The number of amides is 4. The quantitative estimate of drug-likeness (QED) is 0.498. The minimum atomic E-state index is -0.688. The molecule has 4 amide bonds. The van der Waals surface area contributed by atoms with E-state index < -0.39 is 35.5 Å². The molecule has 9 rings (SSSR count). The maximum atomic E-state index is 14.3. The Morgan fingerprint density at radius 1 is 0.524 bits per heavy atom. The van der Waals surface area contributed by atoms with Crippen molar-refractivity contribution < 1.29 is 28.7 Å². The monoisotopic (exact) mass is 566 g/mol. The SMILES string of the molecule is O=C1C2C(C(=O)N1CC1CCCO1)C1C(c3ccccc3)=C(c3ccccc3)C2C2C(=O)N(CC3CCCO3)C(=O)C21. The third-order valence-electron chi connectivity index (χ3n) is 10.5. The number of hydrogen-bond acceptors (Lipinski definition) is 6. The Bertz CT molecular complexity index is 1320. The molecule has 216 valence electrons. The van der Waals surface area contributed by atoms with Crippen molar-refractivity contribution >= 4 is 34.8 Å². The zero-order valence-corrected chi connectivity index (χ0v) is 23.4.